The highest BCUT2D eigenvalue weighted by molar-refractivity contribution is 9.10. The van der Waals surface area contributed by atoms with E-state index in [1.54, 1.807) is 29.7 Å². The second kappa shape index (κ2) is 13.8. The van der Waals surface area contributed by atoms with Gasteiger partial charge in [0.15, 0.2) is 16.3 Å². The van der Waals surface area contributed by atoms with Crippen molar-refractivity contribution in [1.29, 1.82) is 0 Å². The van der Waals surface area contributed by atoms with Crippen molar-refractivity contribution >= 4 is 51.0 Å². The molecule has 0 N–H and O–H groups in total. The number of aromatic nitrogens is 1. The van der Waals surface area contributed by atoms with Crippen molar-refractivity contribution in [3.63, 3.8) is 0 Å². The molecule has 45 heavy (non-hydrogen) atoms. The van der Waals surface area contributed by atoms with E-state index in [1.807, 2.05) is 61.5 Å². The average Bonchev–Trinajstić information content (AvgIpc) is 3.32. The molecule has 0 fully saturated rings. The topological polar surface area (TPSA) is 96.2 Å². The molecule has 1 aliphatic rings. The molecule has 0 amide bonds. The van der Waals surface area contributed by atoms with Crippen molar-refractivity contribution in [2.24, 2.45) is 4.99 Å². The van der Waals surface area contributed by atoms with Crippen LogP contribution < -0.4 is 24.4 Å². The van der Waals surface area contributed by atoms with Gasteiger partial charge >= 0.3 is 11.9 Å². The highest BCUT2D eigenvalue weighted by Crippen LogP contribution is 2.38. The van der Waals surface area contributed by atoms with Crippen LogP contribution in [0.1, 0.15) is 68.8 Å². The van der Waals surface area contributed by atoms with Gasteiger partial charge in [0.2, 0.25) is 0 Å². The van der Waals surface area contributed by atoms with Crippen LogP contribution in [0.2, 0.25) is 0 Å². The maximum absolute atomic E-state index is 14.2. The first-order valence-corrected chi connectivity index (χ1v) is 16.3. The van der Waals surface area contributed by atoms with E-state index in [0.717, 1.165) is 16.7 Å². The number of carbonyl (C=O) groups excluding carboxylic acids is 2. The summed E-state index contributed by atoms with van der Waals surface area (Å²) in [4.78, 5) is 45.0. The number of rotatable bonds is 9. The number of thiazole rings is 1. The van der Waals surface area contributed by atoms with Gasteiger partial charge in [0.1, 0.15) is 0 Å². The van der Waals surface area contributed by atoms with Gasteiger partial charge in [0.05, 0.1) is 39.5 Å². The zero-order valence-corrected chi connectivity index (χ0v) is 28.0. The number of esters is 2. The molecule has 5 rings (SSSR count). The number of carbonyl (C=O) groups is 2. The van der Waals surface area contributed by atoms with Crippen LogP contribution in [-0.4, -0.2) is 29.7 Å². The molecule has 0 saturated carbocycles. The lowest BCUT2D eigenvalue weighted by atomic mass is 9.91. The quantitative estimate of drug-likeness (QED) is 0.155. The van der Waals surface area contributed by atoms with Crippen molar-refractivity contribution in [1.82, 2.24) is 4.57 Å². The van der Waals surface area contributed by atoms with Gasteiger partial charge in [0, 0.05) is 12.5 Å². The van der Waals surface area contributed by atoms with E-state index >= 15 is 0 Å². The van der Waals surface area contributed by atoms with E-state index in [4.69, 9.17) is 19.2 Å². The van der Waals surface area contributed by atoms with Crippen molar-refractivity contribution in [3.8, 4) is 11.5 Å². The van der Waals surface area contributed by atoms with Crippen LogP contribution in [0.25, 0.3) is 11.8 Å². The number of hydrogen-bond acceptors (Lipinski definition) is 8. The first kappa shape index (κ1) is 32.1. The summed E-state index contributed by atoms with van der Waals surface area (Å²) in [6, 6.07) is 20.1. The molecule has 1 aliphatic heterocycles. The van der Waals surface area contributed by atoms with E-state index in [2.05, 4.69) is 29.8 Å². The van der Waals surface area contributed by atoms with Crippen molar-refractivity contribution in [2.45, 2.75) is 46.6 Å². The summed E-state index contributed by atoms with van der Waals surface area (Å²) in [5.74, 6) is -0.0712. The Balaban J connectivity index is 1.77. The first-order valence-electron chi connectivity index (χ1n) is 14.7. The maximum Gasteiger partial charge on any atom is 0.338 e. The molecular formula is C35H33BrN2O6S. The van der Waals surface area contributed by atoms with E-state index in [1.165, 1.54) is 18.3 Å². The summed E-state index contributed by atoms with van der Waals surface area (Å²) in [6.07, 6.45) is 1.74. The molecule has 1 atom stereocenters. The fourth-order valence-electron chi connectivity index (χ4n) is 5.15. The SMILES string of the molecule is CCOC(=O)C1=C(c2ccccc2)N=c2s/c(=C\c3cc(Br)c(OC(C)=O)c(OCC)c3)c(=O)n2[C@H]1c1ccc(C(C)C)cc1. The van der Waals surface area contributed by atoms with E-state index in [0.29, 0.717) is 48.9 Å². The summed E-state index contributed by atoms with van der Waals surface area (Å²) >= 11 is 4.71. The number of hydrogen-bond donors (Lipinski definition) is 0. The Morgan fingerprint density at radius 2 is 1.76 bits per heavy atom. The zero-order valence-electron chi connectivity index (χ0n) is 25.6. The third-order valence-electron chi connectivity index (χ3n) is 7.17. The lowest BCUT2D eigenvalue weighted by Gasteiger charge is -2.26. The fourth-order valence-corrected chi connectivity index (χ4v) is 6.69. The number of ether oxygens (including phenoxy) is 3. The standard InChI is InChI=1S/C35H33BrN2O6S/c1-6-42-27-18-22(17-26(36)32(27)44-21(5)39)19-28-33(40)38-31(25-15-13-23(14-16-25)20(3)4)29(34(41)43-7-2)30(37-35(38)45-28)24-11-9-8-10-12-24/h8-20,31H,6-7H2,1-5H3/b28-19-/t31-/m0/s1. The first-order chi connectivity index (χ1) is 21.6. The Morgan fingerprint density at radius 1 is 1.04 bits per heavy atom. The van der Waals surface area contributed by atoms with Crippen molar-refractivity contribution in [3.05, 3.63) is 119 Å². The second-order valence-corrected chi connectivity index (χ2v) is 12.5. The Hall–Kier alpha value is -4.28. The highest BCUT2D eigenvalue weighted by Gasteiger charge is 2.35. The predicted octanol–water partition coefficient (Wildman–Crippen LogP) is 6.15. The summed E-state index contributed by atoms with van der Waals surface area (Å²) in [5.41, 5.74) is 3.77. The Morgan fingerprint density at radius 3 is 2.38 bits per heavy atom. The van der Waals surface area contributed by atoms with Gasteiger partial charge in [-0.2, -0.15) is 0 Å². The van der Waals surface area contributed by atoms with Gasteiger partial charge in [-0.3, -0.25) is 14.2 Å². The van der Waals surface area contributed by atoms with Crippen LogP contribution in [-0.2, 0) is 14.3 Å². The third kappa shape index (κ3) is 6.72. The maximum atomic E-state index is 14.2. The monoisotopic (exact) mass is 688 g/mol. The van der Waals surface area contributed by atoms with Crippen LogP contribution in [0.4, 0.5) is 0 Å². The van der Waals surface area contributed by atoms with Crippen LogP contribution in [0, 0.1) is 0 Å². The van der Waals surface area contributed by atoms with Crippen LogP contribution in [0.5, 0.6) is 11.5 Å². The van der Waals surface area contributed by atoms with Gasteiger partial charge < -0.3 is 14.2 Å². The van der Waals surface area contributed by atoms with Gasteiger partial charge in [-0.25, -0.2) is 9.79 Å². The number of fused-ring (bicyclic) bond motifs is 1. The van der Waals surface area contributed by atoms with Crippen molar-refractivity contribution in [2.75, 3.05) is 13.2 Å². The summed E-state index contributed by atoms with van der Waals surface area (Å²) < 4.78 is 19.2. The lowest BCUT2D eigenvalue weighted by molar-refractivity contribution is -0.139. The van der Waals surface area contributed by atoms with Gasteiger partial charge in [-0.1, -0.05) is 79.8 Å². The minimum absolute atomic E-state index is 0.175. The molecule has 0 bridgehead atoms. The van der Waals surface area contributed by atoms with Crippen LogP contribution >= 0.6 is 27.3 Å². The molecule has 10 heteroatoms. The van der Waals surface area contributed by atoms with E-state index in [9.17, 15) is 14.4 Å². The summed E-state index contributed by atoms with van der Waals surface area (Å²) in [7, 11) is 0. The summed E-state index contributed by atoms with van der Waals surface area (Å²) in [5, 5.41) is 0. The Bertz CT molecular complexity index is 1960. The molecule has 4 aromatic rings. The molecule has 8 nitrogen and oxygen atoms in total. The van der Waals surface area contributed by atoms with Gasteiger partial charge in [-0.05, 0) is 70.6 Å². The molecule has 0 spiro atoms. The molecular weight excluding hydrogens is 656 g/mol. The van der Waals surface area contributed by atoms with Crippen molar-refractivity contribution < 1.29 is 23.8 Å². The lowest BCUT2D eigenvalue weighted by Crippen LogP contribution is -2.40. The smallest absolute Gasteiger partial charge is 0.338 e. The molecule has 1 aromatic heterocycles. The fraction of sp³-hybridized carbons (Fsp3) is 0.257. The third-order valence-corrected chi connectivity index (χ3v) is 8.74. The van der Waals surface area contributed by atoms with E-state index < -0.39 is 18.0 Å². The molecule has 0 saturated heterocycles. The van der Waals surface area contributed by atoms with Crippen LogP contribution in [0.3, 0.4) is 0 Å². The highest BCUT2D eigenvalue weighted by atomic mass is 79.9. The largest absolute Gasteiger partial charge is 0.490 e. The Kier molecular flexibility index (Phi) is 9.84. The second-order valence-electron chi connectivity index (χ2n) is 10.6. The summed E-state index contributed by atoms with van der Waals surface area (Å²) in [6.45, 7) is 9.65. The zero-order chi connectivity index (χ0) is 32.2. The minimum Gasteiger partial charge on any atom is -0.490 e. The van der Waals surface area contributed by atoms with Crippen LogP contribution in [0.15, 0.2) is 86.6 Å². The van der Waals surface area contributed by atoms with Gasteiger partial charge in [-0.15, -0.1) is 0 Å². The molecule has 2 heterocycles. The van der Waals surface area contributed by atoms with Gasteiger partial charge in [0.25, 0.3) is 5.56 Å². The molecule has 0 radical (unpaired) electrons. The molecule has 0 unspecified atom stereocenters. The number of benzene rings is 3. The number of halogens is 1. The number of nitrogens with zero attached hydrogens (tertiary/aromatic N) is 2. The molecule has 232 valence electrons. The minimum atomic E-state index is -0.768. The Labute approximate surface area is 273 Å². The average molecular weight is 690 g/mol. The predicted molar refractivity (Wildman–Crippen MR) is 178 cm³/mol. The molecule has 3 aromatic carbocycles. The normalized spacial score (nSPS) is 14.6. The van der Waals surface area contributed by atoms with E-state index in [-0.39, 0.29) is 17.9 Å². The molecule has 0 aliphatic carbocycles.